The van der Waals surface area contributed by atoms with E-state index in [1.54, 1.807) is 6.08 Å². The molecule has 0 aromatic carbocycles. The van der Waals surface area contributed by atoms with Crippen molar-refractivity contribution in [1.29, 1.82) is 0 Å². The van der Waals surface area contributed by atoms with E-state index in [0.29, 0.717) is 36.5 Å². The van der Waals surface area contributed by atoms with Crippen LogP contribution in [0.1, 0.15) is 71.7 Å². The summed E-state index contributed by atoms with van der Waals surface area (Å²) in [5.74, 6) is -1.18. The first-order valence-electron chi connectivity index (χ1n) is 15.4. The zero-order valence-corrected chi connectivity index (χ0v) is 26.8. The van der Waals surface area contributed by atoms with Gasteiger partial charge in [0.2, 0.25) is 0 Å². The minimum atomic E-state index is -0.879. The quantitative estimate of drug-likeness (QED) is 0.140. The smallest absolute Gasteiger partial charge is 0.311 e. The van der Waals surface area contributed by atoms with Gasteiger partial charge in [-0.2, -0.15) is 21.5 Å². The van der Waals surface area contributed by atoms with Crippen LogP contribution in [-0.4, -0.2) is 61.0 Å². The number of allylic oxidation sites excluding steroid dienone is 1. The highest BCUT2D eigenvalue weighted by Gasteiger charge is 2.65. The molecule has 1 spiro atoms. The maximum Gasteiger partial charge on any atom is 0.311 e. The van der Waals surface area contributed by atoms with Gasteiger partial charge in [0.25, 0.3) is 5.91 Å². The first-order chi connectivity index (χ1) is 21.4. The van der Waals surface area contributed by atoms with Gasteiger partial charge in [-0.3, -0.25) is 14.4 Å². The van der Waals surface area contributed by atoms with Crippen molar-refractivity contribution in [3.05, 3.63) is 74.5 Å². The first kappa shape index (κ1) is 31.3. The van der Waals surface area contributed by atoms with Gasteiger partial charge in [0.05, 0.1) is 6.04 Å². The molecule has 6 rings (SSSR count). The largest absolute Gasteiger partial charge is 0.481 e. The number of carbonyl (C=O) groups is 3. The second kappa shape index (κ2) is 11.9. The van der Waals surface area contributed by atoms with Crippen LogP contribution in [0.4, 0.5) is 0 Å². The molecule has 4 aliphatic heterocycles. The number of rotatable bonds is 13. The van der Waals surface area contributed by atoms with Crippen molar-refractivity contribution in [2.45, 2.75) is 83.4 Å². The molecule has 0 unspecified atom stereocenters. The van der Waals surface area contributed by atoms with Crippen molar-refractivity contribution >= 4 is 35.7 Å². The highest BCUT2D eigenvalue weighted by molar-refractivity contribution is 8.06. The number of aliphatic carboxylic acids is 2. The average Bonchev–Trinajstić information content (AvgIpc) is 3.87. The fourth-order valence-electron chi connectivity index (χ4n) is 7.04. The molecule has 6 N–H and O–H groups in total. The number of hydrogen-bond acceptors (Lipinski definition) is 7. The molecule has 0 radical (unpaired) electrons. The number of nitrogens with one attached hydrogen (secondary N) is 4. The molecule has 1 amide bonds. The number of carbonyl (C=O) groups excluding carboxylic acids is 1. The molecule has 0 aliphatic carbocycles. The fourth-order valence-corrected chi connectivity index (χ4v) is 7.94. The molecule has 6 heterocycles. The summed E-state index contributed by atoms with van der Waals surface area (Å²) < 4.78 is 0. The lowest BCUT2D eigenvalue weighted by Crippen LogP contribution is -2.30. The van der Waals surface area contributed by atoms with Crippen LogP contribution in [-0.2, 0) is 49.8 Å². The van der Waals surface area contributed by atoms with E-state index < -0.39 is 17.8 Å². The summed E-state index contributed by atoms with van der Waals surface area (Å²) in [6.45, 7) is 11.8. The predicted octanol–water partition coefficient (Wildman–Crippen LogP) is 4.06. The second-order valence-electron chi connectivity index (χ2n) is 12.5. The van der Waals surface area contributed by atoms with Crippen molar-refractivity contribution in [3.8, 4) is 0 Å². The fraction of sp³-hybridized carbons (Fsp3) is 0.485. The highest BCUT2D eigenvalue weighted by Crippen LogP contribution is 2.55. The van der Waals surface area contributed by atoms with Crippen LogP contribution >= 0.6 is 11.8 Å². The lowest BCUT2D eigenvalue weighted by molar-refractivity contribution is -0.138. The van der Waals surface area contributed by atoms with Crippen LogP contribution in [0.3, 0.4) is 0 Å². The molecule has 240 valence electrons. The standard InChI is InChI=1S/C33H40N4O7S/c1-6-19-15(2)24(36-32(19)42)11-22-16(3)20(7-9-29(38)39)25(34-22)13-26-21(8-10-30(40)41)17(4)23(35-26)12-27-31(28-14-45-28)18(5)33(37-27)43-44-33/h6,12,18,24,28,31,34-35,37H,1,7-11,13-14H2,2-5H3,(H,36,42)(H,38,39)(H,40,41)/b27-12-/t18-,24-,28-,31-/m1/s1. The van der Waals surface area contributed by atoms with Gasteiger partial charge in [0.1, 0.15) is 0 Å². The topological polar surface area (TPSA) is 172 Å². The van der Waals surface area contributed by atoms with E-state index >= 15 is 0 Å². The van der Waals surface area contributed by atoms with E-state index in [4.69, 9.17) is 9.78 Å². The van der Waals surface area contributed by atoms with Crippen LogP contribution < -0.4 is 10.6 Å². The molecule has 0 bridgehead atoms. The van der Waals surface area contributed by atoms with Crippen LogP contribution in [0.15, 0.2) is 29.5 Å². The van der Waals surface area contributed by atoms with E-state index in [2.05, 4.69) is 40.2 Å². The zero-order chi connectivity index (χ0) is 32.2. The minimum Gasteiger partial charge on any atom is -0.481 e. The van der Waals surface area contributed by atoms with Gasteiger partial charge in [-0.15, -0.1) is 0 Å². The number of carboxylic acid groups (broad SMARTS) is 2. The van der Waals surface area contributed by atoms with Crippen LogP contribution in [0, 0.1) is 25.7 Å². The van der Waals surface area contributed by atoms with Gasteiger partial charge in [-0.05, 0) is 67.5 Å². The number of carboxylic acids is 2. The normalized spacial score (nSPS) is 25.6. The molecule has 2 aromatic heterocycles. The van der Waals surface area contributed by atoms with Crippen molar-refractivity contribution in [2.75, 3.05) is 5.75 Å². The Morgan fingerprint density at radius 2 is 1.64 bits per heavy atom. The molecular weight excluding hydrogens is 596 g/mol. The zero-order valence-electron chi connectivity index (χ0n) is 26.0. The molecule has 12 heteroatoms. The van der Waals surface area contributed by atoms with Gasteiger partial charge in [-0.1, -0.05) is 19.6 Å². The molecule has 4 aliphatic rings. The Kier molecular flexibility index (Phi) is 8.25. The molecule has 0 saturated carbocycles. The Morgan fingerprint density at radius 3 is 2.20 bits per heavy atom. The summed E-state index contributed by atoms with van der Waals surface area (Å²) in [6.07, 6.45) is 5.34. The molecule has 45 heavy (non-hydrogen) atoms. The number of aromatic nitrogens is 2. The summed E-state index contributed by atoms with van der Waals surface area (Å²) in [4.78, 5) is 53.6. The summed E-state index contributed by atoms with van der Waals surface area (Å²) in [5, 5.41) is 26.0. The molecular formula is C33H40N4O7S. The maximum atomic E-state index is 12.4. The Bertz CT molecular complexity index is 1640. The summed E-state index contributed by atoms with van der Waals surface area (Å²) in [5.41, 5.74) is 9.98. The van der Waals surface area contributed by atoms with Crippen molar-refractivity contribution < 1.29 is 34.4 Å². The third-order valence-electron chi connectivity index (χ3n) is 9.86. The third-order valence-corrected chi connectivity index (χ3v) is 10.9. The van der Waals surface area contributed by atoms with Crippen molar-refractivity contribution in [2.24, 2.45) is 11.8 Å². The number of aromatic amines is 2. The van der Waals surface area contributed by atoms with Gasteiger partial charge < -0.3 is 30.8 Å². The average molecular weight is 637 g/mol. The van der Waals surface area contributed by atoms with Gasteiger partial charge >= 0.3 is 17.8 Å². The number of thioether (sulfide) groups is 1. The van der Waals surface area contributed by atoms with E-state index in [1.807, 2.05) is 32.5 Å². The lowest BCUT2D eigenvalue weighted by atomic mass is 9.90. The predicted molar refractivity (Wildman–Crippen MR) is 169 cm³/mol. The van der Waals surface area contributed by atoms with Crippen LogP contribution in [0.25, 0.3) is 6.08 Å². The number of H-pyrrole nitrogens is 2. The Balaban J connectivity index is 1.35. The summed E-state index contributed by atoms with van der Waals surface area (Å²) in [7, 11) is 0. The van der Waals surface area contributed by atoms with Crippen molar-refractivity contribution in [3.63, 3.8) is 0 Å². The van der Waals surface area contributed by atoms with Crippen LogP contribution in [0.2, 0.25) is 0 Å². The van der Waals surface area contributed by atoms with Crippen molar-refractivity contribution in [1.82, 2.24) is 20.6 Å². The molecule has 3 fully saturated rings. The van der Waals surface area contributed by atoms with Gasteiger partial charge in [-0.25, -0.2) is 0 Å². The summed E-state index contributed by atoms with van der Waals surface area (Å²) >= 11 is 1.92. The Labute approximate surface area is 265 Å². The van der Waals surface area contributed by atoms with E-state index in [-0.39, 0.29) is 36.6 Å². The molecule has 3 saturated heterocycles. The maximum absolute atomic E-state index is 12.4. The van der Waals surface area contributed by atoms with Gasteiger partial charge in [0.15, 0.2) is 0 Å². The Morgan fingerprint density at radius 1 is 1.02 bits per heavy atom. The minimum absolute atomic E-state index is 0.0113. The third kappa shape index (κ3) is 5.98. The number of amides is 1. The summed E-state index contributed by atoms with van der Waals surface area (Å²) in [6, 6.07) is -0.193. The highest BCUT2D eigenvalue weighted by atomic mass is 32.2. The first-order valence-corrected chi connectivity index (χ1v) is 16.4. The monoisotopic (exact) mass is 636 g/mol. The second-order valence-corrected chi connectivity index (χ2v) is 13.8. The Hall–Kier alpha value is -3.74. The van der Waals surface area contributed by atoms with E-state index in [0.717, 1.165) is 62.1 Å². The SMILES string of the molecule is C=CC1=C(C)[C@@H](Cc2[nH]c(Cc3[nH]c(/C=C4\NC5(OO5)[C@H](C)[C@H]4[C@H]4CS4)c(C)c3CCC(=O)O)c(CCC(=O)O)c2C)NC1=O. The van der Waals surface area contributed by atoms with Gasteiger partial charge in [0, 0.05) is 82.6 Å². The van der Waals surface area contributed by atoms with E-state index in [1.165, 1.54) is 0 Å². The van der Waals surface area contributed by atoms with Crippen LogP contribution in [0.5, 0.6) is 0 Å². The number of hydrogen-bond donors (Lipinski definition) is 6. The molecule has 2 aromatic rings. The molecule has 11 nitrogen and oxygen atoms in total. The van der Waals surface area contributed by atoms with E-state index in [9.17, 15) is 24.6 Å². The lowest BCUT2D eigenvalue weighted by Gasteiger charge is -2.12. The molecule has 4 atom stereocenters.